The van der Waals surface area contributed by atoms with E-state index in [1.54, 1.807) is 23.5 Å². The van der Waals surface area contributed by atoms with Crippen LogP contribution in [-0.4, -0.2) is 76.0 Å². The molecule has 2 saturated heterocycles. The number of aromatic nitrogens is 3. The first kappa shape index (κ1) is 25.9. The molecule has 0 atom stereocenters. The highest BCUT2D eigenvalue weighted by atomic mass is 32.1. The Labute approximate surface area is 230 Å². The lowest BCUT2D eigenvalue weighted by molar-refractivity contribution is -0.135. The van der Waals surface area contributed by atoms with Crippen molar-refractivity contribution < 1.29 is 13.6 Å². The van der Waals surface area contributed by atoms with Crippen LogP contribution in [0.25, 0.3) is 16.9 Å². The average molecular weight is 551 g/mol. The van der Waals surface area contributed by atoms with Gasteiger partial charge in [-0.2, -0.15) is 0 Å². The van der Waals surface area contributed by atoms with Crippen LogP contribution in [0.4, 0.5) is 19.7 Å². The minimum atomic E-state index is -0.786. The average Bonchev–Trinajstić information content (AvgIpc) is 3.57. The first-order valence-electron chi connectivity index (χ1n) is 13.5. The Bertz CT molecular complexity index is 1470. The fraction of sp³-hybridized carbons (Fsp3) is 0.414. The van der Waals surface area contributed by atoms with Gasteiger partial charge in [-0.3, -0.25) is 14.1 Å². The van der Waals surface area contributed by atoms with Crippen molar-refractivity contribution in [3.05, 3.63) is 65.0 Å². The standard InChI is InChI=1S/C29H32F2N6OS/c1-3-24-28(34(2)29-33-25(18-39-29)20-4-7-22(30)8-5-20)37-14-21(6-9-26(37)32-24)19-10-12-36(13-11-19)27(38)17-35-15-23(31)16-35/h4-9,14,18-19,23H,3,10-13,15-17H2,1-2H3. The van der Waals surface area contributed by atoms with Crippen molar-refractivity contribution in [2.75, 3.05) is 44.7 Å². The molecule has 5 heterocycles. The maximum atomic E-state index is 13.4. The van der Waals surface area contributed by atoms with Crippen molar-refractivity contribution in [2.24, 2.45) is 0 Å². The number of anilines is 2. The van der Waals surface area contributed by atoms with Crippen LogP contribution < -0.4 is 4.90 Å². The molecule has 3 aromatic heterocycles. The van der Waals surface area contributed by atoms with E-state index in [4.69, 9.17) is 9.97 Å². The number of piperidine rings is 1. The van der Waals surface area contributed by atoms with Gasteiger partial charge in [0.25, 0.3) is 0 Å². The number of hydrogen-bond acceptors (Lipinski definition) is 6. The normalized spacial score (nSPS) is 17.1. The molecule has 2 fully saturated rings. The summed E-state index contributed by atoms with van der Waals surface area (Å²) in [5.41, 5.74) is 4.81. The van der Waals surface area contributed by atoms with Crippen molar-refractivity contribution in [2.45, 2.75) is 38.3 Å². The smallest absolute Gasteiger partial charge is 0.236 e. The van der Waals surface area contributed by atoms with Crippen molar-refractivity contribution in [1.29, 1.82) is 0 Å². The second kappa shape index (κ2) is 10.7. The molecule has 0 aliphatic carbocycles. The summed E-state index contributed by atoms with van der Waals surface area (Å²) < 4.78 is 28.6. The van der Waals surface area contributed by atoms with Gasteiger partial charge in [-0.15, -0.1) is 11.3 Å². The molecule has 2 aliphatic rings. The molecule has 39 heavy (non-hydrogen) atoms. The van der Waals surface area contributed by atoms with E-state index in [1.807, 2.05) is 22.2 Å². The molecule has 4 aromatic rings. The predicted molar refractivity (Wildman–Crippen MR) is 150 cm³/mol. The Morgan fingerprint density at radius 2 is 1.85 bits per heavy atom. The minimum Gasteiger partial charge on any atom is -0.342 e. The number of amides is 1. The number of halogens is 2. The maximum Gasteiger partial charge on any atom is 0.236 e. The molecule has 0 radical (unpaired) electrons. The molecule has 0 spiro atoms. The van der Waals surface area contributed by atoms with Gasteiger partial charge in [0.2, 0.25) is 5.91 Å². The highest BCUT2D eigenvalue weighted by Crippen LogP contribution is 2.35. The molecule has 0 N–H and O–H groups in total. The Balaban J connectivity index is 1.20. The zero-order valence-corrected chi connectivity index (χ0v) is 23.0. The first-order valence-corrected chi connectivity index (χ1v) is 14.4. The van der Waals surface area contributed by atoms with Gasteiger partial charge in [-0.1, -0.05) is 13.0 Å². The van der Waals surface area contributed by atoms with E-state index >= 15 is 0 Å². The van der Waals surface area contributed by atoms with Crippen LogP contribution in [0, 0.1) is 5.82 Å². The first-order chi connectivity index (χ1) is 18.9. The molecule has 7 nitrogen and oxygen atoms in total. The molecule has 0 unspecified atom stereocenters. The van der Waals surface area contributed by atoms with Crippen molar-refractivity contribution >= 4 is 33.8 Å². The van der Waals surface area contributed by atoms with Crippen LogP contribution in [0.5, 0.6) is 0 Å². The molecule has 6 rings (SSSR count). The van der Waals surface area contributed by atoms with Crippen LogP contribution >= 0.6 is 11.3 Å². The number of imidazole rings is 1. The topological polar surface area (TPSA) is 57.0 Å². The van der Waals surface area contributed by atoms with Gasteiger partial charge in [-0.25, -0.2) is 18.7 Å². The van der Waals surface area contributed by atoms with E-state index in [0.717, 1.165) is 65.9 Å². The van der Waals surface area contributed by atoms with Gasteiger partial charge in [0.1, 0.15) is 23.5 Å². The van der Waals surface area contributed by atoms with Crippen molar-refractivity contribution in [3.8, 4) is 11.3 Å². The number of fused-ring (bicyclic) bond motifs is 1. The molecule has 0 bridgehead atoms. The number of alkyl halides is 1. The summed E-state index contributed by atoms with van der Waals surface area (Å²) in [5, 5.41) is 2.83. The van der Waals surface area contributed by atoms with E-state index in [0.29, 0.717) is 25.6 Å². The molecule has 1 amide bonds. The maximum absolute atomic E-state index is 13.4. The van der Waals surface area contributed by atoms with Crippen LogP contribution in [0.15, 0.2) is 48.0 Å². The number of likely N-dealkylation sites (tertiary alicyclic amines) is 2. The van der Waals surface area contributed by atoms with Gasteiger partial charge < -0.3 is 9.80 Å². The summed E-state index contributed by atoms with van der Waals surface area (Å²) in [6, 6.07) is 10.6. The SMILES string of the molecule is CCc1nc2ccc(C3CCN(C(=O)CN4CC(F)C4)CC3)cn2c1N(C)c1nc(-c2ccc(F)cc2)cs1. The summed E-state index contributed by atoms with van der Waals surface area (Å²) in [7, 11) is 2.01. The molecular weight excluding hydrogens is 518 g/mol. The third-order valence-electron chi connectivity index (χ3n) is 7.85. The lowest BCUT2D eigenvalue weighted by Crippen LogP contribution is -2.53. The lowest BCUT2D eigenvalue weighted by Gasteiger charge is -2.37. The van der Waals surface area contributed by atoms with Gasteiger partial charge in [0, 0.05) is 50.4 Å². The lowest BCUT2D eigenvalue weighted by atomic mass is 9.90. The Morgan fingerprint density at radius 3 is 2.54 bits per heavy atom. The number of aryl methyl sites for hydroxylation is 1. The van der Waals surface area contributed by atoms with Crippen molar-refractivity contribution in [3.63, 3.8) is 0 Å². The number of rotatable bonds is 7. The largest absolute Gasteiger partial charge is 0.342 e. The number of nitrogens with zero attached hydrogens (tertiary/aromatic N) is 6. The third-order valence-corrected chi connectivity index (χ3v) is 8.76. The number of carbonyl (C=O) groups is 1. The monoisotopic (exact) mass is 550 g/mol. The number of benzene rings is 1. The summed E-state index contributed by atoms with van der Waals surface area (Å²) in [6.07, 6.45) is 3.98. The van der Waals surface area contributed by atoms with E-state index < -0.39 is 6.17 Å². The van der Waals surface area contributed by atoms with E-state index in [1.165, 1.54) is 17.7 Å². The summed E-state index contributed by atoms with van der Waals surface area (Å²) in [5.74, 6) is 1.18. The fourth-order valence-electron chi connectivity index (χ4n) is 5.58. The van der Waals surface area contributed by atoms with E-state index in [9.17, 15) is 13.6 Å². The van der Waals surface area contributed by atoms with Gasteiger partial charge in [0.05, 0.1) is 17.9 Å². The van der Waals surface area contributed by atoms with Crippen molar-refractivity contribution in [1.82, 2.24) is 24.2 Å². The van der Waals surface area contributed by atoms with Gasteiger partial charge in [-0.05, 0) is 61.1 Å². The second-order valence-corrected chi connectivity index (χ2v) is 11.3. The van der Waals surface area contributed by atoms with Crippen LogP contribution in [0.1, 0.15) is 36.9 Å². The second-order valence-electron chi connectivity index (χ2n) is 10.5. The Kier molecular flexibility index (Phi) is 7.07. The van der Waals surface area contributed by atoms with Gasteiger partial charge in [0.15, 0.2) is 5.13 Å². The minimum absolute atomic E-state index is 0.102. The van der Waals surface area contributed by atoms with Crippen LogP contribution in [0.3, 0.4) is 0 Å². The molecular formula is C29H32F2N6OS. The predicted octanol–water partition coefficient (Wildman–Crippen LogP) is 5.29. The fourth-order valence-corrected chi connectivity index (χ4v) is 6.38. The quantitative estimate of drug-likeness (QED) is 0.313. The Morgan fingerprint density at radius 1 is 1.10 bits per heavy atom. The molecule has 10 heteroatoms. The highest BCUT2D eigenvalue weighted by Gasteiger charge is 2.31. The molecule has 1 aromatic carbocycles. The van der Waals surface area contributed by atoms with Crippen LogP contribution in [0.2, 0.25) is 0 Å². The molecule has 2 aliphatic heterocycles. The van der Waals surface area contributed by atoms with E-state index in [2.05, 4.69) is 34.6 Å². The number of hydrogen-bond donors (Lipinski definition) is 0. The summed E-state index contributed by atoms with van der Waals surface area (Å²) in [4.78, 5) is 28.3. The number of thiazole rings is 1. The molecule has 204 valence electrons. The zero-order valence-electron chi connectivity index (χ0n) is 22.2. The highest BCUT2D eigenvalue weighted by molar-refractivity contribution is 7.14. The summed E-state index contributed by atoms with van der Waals surface area (Å²) in [6.45, 7) is 4.61. The third kappa shape index (κ3) is 5.15. The Hall–Kier alpha value is -3.37. The molecule has 0 saturated carbocycles. The van der Waals surface area contributed by atoms with Gasteiger partial charge >= 0.3 is 0 Å². The van der Waals surface area contributed by atoms with E-state index in [-0.39, 0.29) is 11.7 Å². The zero-order chi connectivity index (χ0) is 27.1. The number of carbonyl (C=O) groups excluding carboxylic acids is 1. The number of pyridine rings is 1. The van der Waals surface area contributed by atoms with Crippen LogP contribution in [-0.2, 0) is 11.2 Å². The summed E-state index contributed by atoms with van der Waals surface area (Å²) >= 11 is 1.55.